The molecule has 1 amide bonds. The Bertz CT molecular complexity index is 1740. The van der Waals surface area contributed by atoms with Crippen LogP contribution in [-0.2, 0) is 4.79 Å². The van der Waals surface area contributed by atoms with Crippen LogP contribution >= 0.6 is 11.6 Å². The lowest BCUT2D eigenvalue weighted by molar-refractivity contribution is -0.126. The minimum Gasteiger partial charge on any atom is -0.507 e. The highest BCUT2D eigenvalue weighted by molar-refractivity contribution is 6.32. The number of halogens is 3. The normalized spacial score (nSPS) is 15.5. The Morgan fingerprint density at radius 1 is 1.15 bits per heavy atom. The summed E-state index contributed by atoms with van der Waals surface area (Å²) in [5, 5.41) is 10.9. The summed E-state index contributed by atoms with van der Waals surface area (Å²) in [4.78, 5) is 38.4. The van der Waals surface area contributed by atoms with E-state index in [0.717, 1.165) is 17.7 Å². The van der Waals surface area contributed by atoms with Gasteiger partial charge in [-0.05, 0) is 48.7 Å². The summed E-state index contributed by atoms with van der Waals surface area (Å²) < 4.78 is 31.9. The van der Waals surface area contributed by atoms with E-state index in [1.165, 1.54) is 22.8 Å². The Labute approximate surface area is 240 Å². The number of fused-ring (bicyclic) bond motifs is 1. The maximum Gasteiger partial charge on any atom is 0.355 e. The molecule has 1 fully saturated rings. The zero-order chi connectivity index (χ0) is 29.6. The Morgan fingerprint density at radius 2 is 1.88 bits per heavy atom. The van der Waals surface area contributed by atoms with Crippen LogP contribution in [0.1, 0.15) is 32.3 Å². The van der Waals surface area contributed by atoms with Gasteiger partial charge in [0.25, 0.3) is 0 Å². The highest BCUT2D eigenvalue weighted by atomic mass is 35.5. The monoisotopic (exact) mass is 579 g/mol. The van der Waals surface area contributed by atoms with Gasteiger partial charge in [0, 0.05) is 25.7 Å². The van der Waals surface area contributed by atoms with E-state index >= 15 is 4.39 Å². The molecule has 1 N–H and O–H groups in total. The van der Waals surface area contributed by atoms with Gasteiger partial charge >= 0.3 is 5.69 Å². The minimum absolute atomic E-state index is 0.00847. The number of para-hydroxylation sites is 1. The van der Waals surface area contributed by atoms with Crippen molar-refractivity contribution in [1.82, 2.24) is 19.4 Å². The van der Waals surface area contributed by atoms with Crippen LogP contribution in [0.2, 0.25) is 5.02 Å². The molecule has 4 aromatic rings. The number of anilines is 1. The smallest absolute Gasteiger partial charge is 0.355 e. The Morgan fingerprint density at radius 3 is 2.54 bits per heavy atom. The van der Waals surface area contributed by atoms with Crippen LogP contribution in [0.15, 0.2) is 59.9 Å². The SMILES string of the molecule is C=CC(=O)N1CCN(c2nc(=O)n(-c3c(Cl)cccc3C(C)C)c3nc(-c4c(O)cccc4F)c(F)cc23)[C@@H](C)C1. The molecule has 3 heterocycles. The van der Waals surface area contributed by atoms with Gasteiger partial charge in [-0.1, -0.05) is 50.2 Å². The molecule has 1 aliphatic rings. The molecule has 0 aliphatic carbocycles. The molecule has 0 bridgehead atoms. The van der Waals surface area contributed by atoms with E-state index in [1.54, 1.807) is 17.0 Å². The zero-order valence-electron chi connectivity index (χ0n) is 22.7. The fourth-order valence-corrected chi connectivity index (χ4v) is 5.55. The van der Waals surface area contributed by atoms with Gasteiger partial charge in [-0.3, -0.25) is 4.79 Å². The van der Waals surface area contributed by atoms with Gasteiger partial charge in [0.2, 0.25) is 5.91 Å². The largest absolute Gasteiger partial charge is 0.507 e. The second-order valence-electron chi connectivity index (χ2n) is 10.2. The molecule has 1 atom stereocenters. The second-order valence-corrected chi connectivity index (χ2v) is 10.6. The molecule has 0 unspecified atom stereocenters. The van der Waals surface area contributed by atoms with E-state index in [0.29, 0.717) is 25.3 Å². The average Bonchev–Trinajstić information content (AvgIpc) is 2.93. The third kappa shape index (κ3) is 4.93. The Balaban J connectivity index is 1.83. The molecule has 1 aliphatic heterocycles. The summed E-state index contributed by atoms with van der Waals surface area (Å²) in [6, 6.07) is 9.67. The lowest BCUT2D eigenvalue weighted by atomic mass is 10.0. The number of rotatable bonds is 5. The number of hydrogen-bond donors (Lipinski definition) is 1. The summed E-state index contributed by atoms with van der Waals surface area (Å²) >= 11 is 6.64. The van der Waals surface area contributed by atoms with Crippen LogP contribution in [0.3, 0.4) is 0 Å². The number of carbonyl (C=O) groups excluding carboxylic acids is 1. The minimum atomic E-state index is -0.914. The van der Waals surface area contributed by atoms with Crippen molar-refractivity contribution >= 4 is 34.4 Å². The number of aromatic hydroxyl groups is 1. The molecule has 0 saturated carbocycles. The van der Waals surface area contributed by atoms with Crippen molar-refractivity contribution in [3.8, 4) is 22.7 Å². The topological polar surface area (TPSA) is 91.6 Å². The zero-order valence-corrected chi connectivity index (χ0v) is 23.5. The first kappa shape index (κ1) is 28.2. The Kier molecular flexibility index (Phi) is 7.52. The molecule has 8 nitrogen and oxygen atoms in total. The number of hydrogen-bond acceptors (Lipinski definition) is 6. The van der Waals surface area contributed by atoms with Gasteiger partial charge in [0.1, 0.15) is 23.1 Å². The van der Waals surface area contributed by atoms with Crippen LogP contribution in [0.4, 0.5) is 14.6 Å². The molecule has 41 heavy (non-hydrogen) atoms. The maximum absolute atomic E-state index is 15.8. The fourth-order valence-electron chi connectivity index (χ4n) is 5.28. The average molecular weight is 580 g/mol. The van der Waals surface area contributed by atoms with E-state index in [4.69, 9.17) is 11.6 Å². The molecule has 2 aromatic carbocycles. The molecule has 11 heteroatoms. The number of nitrogens with zero attached hydrogens (tertiary/aromatic N) is 5. The fraction of sp³-hybridized carbons (Fsp3) is 0.267. The standard InChI is InChI=1S/C30H28ClF2N5O3/c1-5-24(40)36-12-13-37(17(4)15-36)28-19-14-22(33)26(25-21(32)10-7-11-23(25)39)34-29(19)38(30(41)35-28)27-18(16(2)3)8-6-9-20(27)31/h5-11,14,16-17,39H,1,12-13,15H2,2-4H3/t17-/m0/s1. The predicted octanol–water partition coefficient (Wildman–Crippen LogP) is 5.43. The molecular weight excluding hydrogens is 552 g/mol. The highest BCUT2D eigenvalue weighted by Gasteiger charge is 2.31. The molecule has 5 rings (SSSR count). The van der Waals surface area contributed by atoms with Gasteiger partial charge in [-0.2, -0.15) is 4.98 Å². The quantitative estimate of drug-likeness (QED) is 0.317. The van der Waals surface area contributed by atoms with E-state index in [1.807, 2.05) is 31.7 Å². The summed E-state index contributed by atoms with van der Waals surface area (Å²) in [7, 11) is 0. The molecule has 2 aromatic heterocycles. The van der Waals surface area contributed by atoms with Gasteiger partial charge < -0.3 is 14.9 Å². The number of pyridine rings is 1. The van der Waals surface area contributed by atoms with Crippen molar-refractivity contribution in [3.05, 3.63) is 87.8 Å². The van der Waals surface area contributed by atoms with E-state index in [-0.39, 0.29) is 39.7 Å². The van der Waals surface area contributed by atoms with Crippen LogP contribution in [0.5, 0.6) is 5.75 Å². The maximum atomic E-state index is 15.8. The number of carbonyl (C=O) groups is 1. The van der Waals surface area contributed by atoms with Crippen LogP contribution in [0.25, 0.3) is 28.0 Å². The van der Waals surface area contributed by atoms with Crippen molar-refractivity contribution in [2.75, 3.05) is 24.5 Å². The number of piperazine rings is 1. The van der Waals surface area contributed by atoms with Crippen LogP contribution in [-0.4, -0.2) is 56.1 Å². The summed E-state index contributed by atoms with van der Waals surface area (Å²) in [6.45, 7) is 10.3. The van der Waals surface area contributed by atoms with E-state index in [2.05, 4.69) is 16.5 Å². The first-order valence-electron chi connectivity index (χ1n) is 13.1. The summed E-state index contributed by atoms with van der Waals surface area (Å²) in [5.74, 6) is -2.40. The lowest BCUT2D eigenvalue weighted by Gasteiger charge is -2.40. The number of aromatic nitrogens is 3. The summed E-state index contributed by atoms with van der Waals surface area (Å²) in [5.41, 5.74) is -0.575. The van der Waals surface area contributed by atoms with Crippen molar-refractivity contribution < 1.29 is 18.7 Å². The van der Waals surface area contributed by atoms with Gasteiger partial charge in [-0.25, -0.2) is 23.1 Å². The lowest BCUT2D eigenvalue weighted by Crippen LogP contribution is -2.54. The molecule has 0 spiro atoms. The van der Waals surface area contributed by atoms with Crippen molar-refractivity contribution in [3.63, 3.8) is 0 Å². The molecular formula is C30H28ClF2N5O3. The number of phenols is 1. The Hall–Kier alpha value is -4.31. The summed E-state index contributed by atoms with van der Waals surface area (Å²) in [6.07, 6.45) is 1.24. The van der Waals surface area contributed by atoms with Gasteiger partial charge in [-0.15, -0.1) is 0 Å². The van der Waals surface area contributed by atoms with E-state index < -0.39 is 34.3 Å². The first-order chi connectivity index (χ1) is 19.5. The second kappa shape index (κ2) is 10.9. The third-order valence-electron chi connectivity index (χ3n) is 7.28. The van der Waals surface area contributed by atoms with E-state index in [9.17, 15) is 19.1 Å². The number of phenolic OH excluding ortho intramolecular Hbond substituents is 1. The van der Waals surface area contributed by atoms with Crippen molar-refractivity contribution in [1.29, 1.82) is 0 Å². The van der Waals surface area contributed by atoms with Crippen molar-refractivity contribution in [2.24, 2.45) is 0 Å². The van der Waals surface area contributed by atoms with Crippen LogP contribution < -0.4 is 10.6 Å². The number of amides is 1. The van der Waals surface area contributed by atoms with Crippen LogP contribution in [0, 0.1) is 11.6 Å². The van der Waals surface area contributed by atoms with Gasteiger partial charge in [0.05, 0.1) is 21.7 Å². The molecule has 212 valence electrons. The van der Waals surface area contributed by atoms with Crippen molar-refractivity contribution in [2.45, 2.75) is 32.7 Å². The number of benzene rings is 2. The highest BCUT2D eigenvalue weighted by Crippen LogP contribution is 2.37. The first-order valence-corrected chi connectivity index (χ1v) is 13.5. The third-order valence-corrected chi connectivity index (χ3v) is 7.58. The molecule has 0 radical (unpaired) electrons. The predicted molar refractivity (Wildman–Crippen MR) is 155 cm³/mol. The van der Waals surface area contributed by atoms with Gasteiger partial charge in [0.15, 0.2) is 11.5 Å². The molecule has 1 saturated heterocycles.